The molecule has 4 heteroatoms. The molecule has 0 saturated heterocycles. The number of esters is 1. The quantitative estimate of drug-likeness (QED) is 0.813. The topological polar surface area (TPSA) is 38.3 Å². The lowest BCUT2D eigenvalue weighted by molar-refractivity contribution is -0.149. The van der Waals surface area contributed by atoms with Crippen molar-refractivity contribution in [1.29, 1.82) is 0 Å². The van der Waals surface area contributed by atoms with Gasteiger partial charge in [-0.1, -0.05) is 48.8 Å². The second-order valence-electron chi connectivity index (χ2n) is 5.03. The fraction of sp³-hybridized carbons (Fsp3) is 0.533. The van der Waals surface area contributed by atoms with Gasteiger partial charge in [-0.15, -0.1) is 0 Å². The number of ether oxygens (including phenoxy) is 1. The third kappa shape index (κ3) is 3.80. The number of hydrogen-bond acceptors (Lipinski definition) is 3. The van der Waals surface area contributed by atoms with Crippen molar-refractivity contribution in [2.75, 3.05) is 13.7 Å². The van der Waals surface area contributed by atoms with E-state index in [1.807, 2.05) is 31.2 Å². The molecular weight excluding hydrogens is 306 g/mol. The Labute approximate surface area is 123 Å². The molecule has 0 saturated carbocycles. The average molecular weight is 328 g/mol. The molecule has 0 aliphatic carbocycles. The second kappa shape index (κ2) is 7.06. The van der Waals surface area contributed by atoms with Crippen molar-refractivity contribution >= 4 is 21.9 Å². The number of methoxy groups -OCH3 is 1. The van der Waals surface area contributed by atoms with Gasteiger partial charge in [0.1, 0.15) is 5.54 Å². The number of carbonyl (C=O) groups is 1. The monoisotopic (exact) mass is 327 g/mol. The highest BCUT2D eigenvalue weighted by molar-refractivity contribution is 9.10. The summed E-state index contributed by atoms with van der Waals surface area (Å²) in [6, 6.07) is 7.80. The normalized spacial score (nSPS) is 14.2. The van der Waals surface area contributed by atoms with Crippen molar-refractivity contribution in [3.8, 4) is 0 Å². The summed E-state index contributed by atoms with van der Waals surface area (Å²) in [7, 11) is 1.43. The van der Waals surface area contributed by atoms with E-state index in [0.717, 1.165) is 16.6 Å². The largest absolute Gasteiger partial charge is 0.467 e. The van der Waals surface area contributed by atoms with Crippen molar-refractivity contribution < 1.29 is 9.53 Å². The molecule has 1 atom stereocenters. The lowest BCUT2D eigenvalue weighted by atomic mass is 9.86. The predicted molar refractivity (Wildman–Crippen MR) is 81.0 cm³/mol. The fourth-order valence-electron chi connectivity index (χ4n) is 2.05. The smallest absolute Gasteiger partial charge is 0.330 e. The van der Waals surface area contributed by atoms with E-state index in [2.05, 4.69) is 35.1 Å². The summed E-state index contributed by atoms with van der Waals surface area (Å²) in [5.41, 5.74) is 0.172. The molecule has 0 fully saturated rings. The standard InChI is InChI=1S/C15H22BrNO2/c1-5-15(14(18)19-4,17-10-11(2)3)12-6-8-13(16)9-7-12/h6-9,11,17H,5,10H2,1-4H3. The molecule has 1 aromatic rings. The maximum absolute atomic E-state index is 12.3. The van der Waals surface area contributed by atoms with Gasteiger partial charge in [0.05, 0.1) is 7.11 Å². The van der Waals surface area contributed by atoms with Crippen LogP contribution in [0.4, 0.5) is 0 Å². The van der Waals surface area contributed by atoms with E-state index in [1.54, 1.807) is 0 Å². The second-order valence-corrected chi connectivity index (χ2v) is 5.95. The minimum absolute atomic E-state index is 0.238. The zero-order valence-corrected chi connectivity index (χ0v) is 13.6. The van der Waals surface area contributed by atoms with Gasteiger partial charge < -0.3 is 4.74 Å². The first kappa shape index (κ1) is 16.2. The number of hydrogen-bond donors (Lipinski definition) is 1. The number of rotatable bonds is 6. The molecule has 106 valence electrons. The van der Waals surface area contributed by atoms with Gasteiger partial charge in [0.25, 0.3) is 0 Å². The van der Waals surface area contributed by atoms with Crippen LogP contribution < -0.4 is 5.32 Å². The summed E-state index contributed by atoms with van der Waals surface area (Å²) in [6.45, 7) is 6.99. The van der Waals surface area contributed by atoms with Crippen LogP contribution in [0.25, 0.3) is 0 Å². The minimum atomic E-state index is -0.764. The van der Waals surface area contributed by atoms with E-state index in [1.165, 1.54) is 7.11 Å². The van der Waals surface area contributed by atoms with Crippen LogP contribution in [0.3, 0.4) is 0 Å². The zero-order chi connectivity index (χ0) is 14.5. The average Bonchev–Trinajstić information content (AvgIpc) is 2.41. The Hall–Kier alpha value is -0.870. The molecule has 0 aliphatic rings. The Bertz CT molecular complexity index is 417. The molecule has 1 N–H and O–H groups in total. The number of benzene rings is 1. The van der Waals surface area contributed by atoms with Gasteiger partial charge in [-0.25, -0.2) is 4.79 Å². The highest BCUT2D eigenvalue weighted by atomic mass is 79.9. The first-order valence-corrected chi connectivity index (χ1v) is 7.35. The molecule has 0 amide bonds. The lowest BCUT2D eigenvalue weighted by Crippen LogP contribution is -2.50. The van der Waals surface area contributed by atoms with Gasteiger partial charge in [-0.05, 0) is 36.6 Å². The Morgan fingerprint density at radius 1 is 1.37 bits per heavy atom. The van der Waals surface area contributed by atoms with Crippen molar-refractivity contribution in [3.63, 3.8) is 0 Å². The van der Waals surface area contributed by atoms with Crippen LogP contribution >= 0.6 is 15.9 Å². The van der Waals surface area contributed by atoms with Gasteiger partial charge in [-0.3, -0.25) is 5.32 Å². The van der Waals surface area contributed by atoms with Crippen molar-refractivity contribution in [2.45, 2.75) is 32.7 Å². The van der Waals surface area contributed by atoms with Crippen molar-refractivity contribution in [1.82, 2.24) is 5.32 Å². The third-order valence-electron chi connectivity index (χ3n) is 3.21. The van der Waals surface area contributed by atoms with Crippen LogP contribution in [0.1, 0.15) is 32.8 Å². The molecule has 0 heterocycles. The van der Waals surface area contributed by atoms with Gasteiger partial charge in [0, 0.05) is 4.47 Å². The summed E-state index contributed by atoms with van der Waals surface area (Å²) in [6.07, 6.45) is 0.647. The molecule has 1 rings (SSSR count). The molecule has 1 aromatic carbocycles. The summed E-state index contributed by atoms with van der Waals surface area (Å²) >= 11 is 3.41. The lowest BCUT2D eigenvalue weighted by Gasteiger charge is -2.32. The van der Waals surface area contributed by atoms with E-state index >= 15 is 0 Å². The van der Waals surface area contributed by atoms with Crippen LogP contribution in [-0.2, 0) is 15.1 Å². The highest BCUT2D eigenvalue weighted by Crippen LogP contribution is 2.28. The summed E-state index contributed by atoms with van der Waals surface area (Å²) in [5.74, 6) is 0.226. The summed E-state index contributed by atoms with van der Waals surface area (Å²) in [5, 5.41) is 3.38. The molecule has 0 aromatic heterocycles. The van der Waals surface area contributed by atoms with Crippen LogP contribution in [-0.4, -0.2) is 19.6 Å². The summed E-state index contributed by atoms with van der Waals surface area (Å²) in [4.78, 5) is 12.3. The summed E-state index contributed by atoms with van der Waals surface area (Å²) < 4.78 is 6.01. The Morgan fingerprint density at radius 2 is 1.95 bits per heavy atom. The van der Waals surface area contributed by atoms with Gasteiger partial charge in [0.2, 0.25) is 0 Å². The Morgan fingerprint density at radius 3 is 2.37 bits per heavy atom. The number of carbonyl (C=O) groups excluding carboxylic acids is 1. The molecule has 0 spiro atoms. The van der Waals surface area contributed by atoms with Crippen LogP contribution in [0.15, 0.2) is 28.7 Å². The van der Waals surface area contributed by atoms with E-state index in [0.29, 0.717) is 12.3 Å². The van der Waals surface area contributed by atoms with Gasteiger partial charge >= 0.3 is 5.97 Å². The number of nitrogens with one attached hydrogen (secondary N) is 1. The van der Waals surface area contributed by atoms with Crippen molar-refractivity contribution in [3.05, 3.63) is 34.3 Å². The molecule has 19 heavy (non-hydrogen) atoms. The molecule has 0 radical (unpaired) electrons. The number of halogens is 1. The van der Waals surface area contributed by atoms with Crippen LogP contribution in [0.5, 0.6) is 0 Å². The van der Waals surface area contributed by atoms with Gasteiger partial charge in [0.15, 0.2) is 0 Å². The third-order valence-corrected chi connectivity index (χ3v) is 3.74. The van der Waals surface area contributed by atoms with Crippen LogP contribution in [0, 0.1) is 5.92 Å². The zero-order valence-electron chi connectivity index (χ0n) is 12.0. The Balaban J connectivity index is 3.15. The molecule has 0 bridgehead atoms. The van der Waals surface area contributed by atoms with E-state index in [4.69, 9.17) is 4.74 Å². The molecule has 3 nitrogen and oxygen atoms in total. The van der Waals surface area contributed by atoms with E-state index in [-0.39, 0.29) is 5.97 Å². The minimum Gasteiger partial charge on any atom is -0.467 e. The van der Waals surface area contributed by atoms with E-state index in [9.17, 15) is 4.79 Å². The van der Waals surface area contributed by atoms with Crippen molar-refractivity contribution in [2.24, 2.45) is 5.92 Å². The molecule has 1 unspecified atom stereocenters. The first-order valence-electron chi connectivity index (χ1n) is 6.55. The molecule has 0 aliphatic heterocycles. The highest BCUT2D eigenvalue weighted by Gasteiger charge is 2.39. The van der Waals surface area contributed by atoms with Gasteiger partial charge in [-0.2, -0.15) is 0 Å². The first-order chi connectivity index (χ1) is 8.96. The Kier molecular flexibility index (Phi) is 6.01. The molecular formula is C15H22BrNO2. The predicted octanol–water partition coefficient (Wildman–Crippen LogP) is 3.47. The maximum atomic E-state index is 12.3. The maximum Gasteiger partial charge on any atom is 0.330 e. The van der Waals surface area contributed by atoms with E-state index < -0.39 is 5.54 Å². The fourth-order valence-corrected chi connectivity index (χ4v) is 2.32. The SMILES string of the molecule is CCC(NCC(C)C)(C(=O)OC)c1ccc(Br)cc1. The van der Waals surface area contributed by atoms with Crippen LogP contribution in [0.2, 0.25) is 0 Å².